The largest absolute Gasteiger partial charge is 0.472 e. The predicted octanol–water partition coefficient (Wildman–Crippen LogP) is 21.3. The maximum absolute atomic E-state index is 13.1. The SMILES string of the molecule is CCC(C)CCCCCCCCCCCCC(=O)O[C@H](COC(=O)CCCCCCCCCCCCCCC(C)C)COP(=O)(O)OCC(O)COP(=O)(O)OC[C@@H](COC(=O)CCCCCCCCCCC(C)C)OC(=O)CCCCCCCCCCCCC(C)C. The average Bonchev–Trinajstić information content (AvgIpc) is 2.63. The first-order chi connectivity index (χ1) is 44.6. The summed E-state index contributed by atoms with van der Waals surface area (Å²) in [4.78, 5) is 72.8. The Kier molecular flexibility index (Phi) is 62.2. The Labute approximate surface area is 568 Å². The van der Waals surface area contributed by atoms with E-state index in [1.807, 2.05) is 0 Å². The second-order valence-corrected chi connectivity index (χ2v) is 31.3. The maximum atomic E-state index is 13.1. The molecular formula is C74H144O17P2. The Morgan fingerprint density at radius 3 is 0.763 bits per heavy atom. The van der Waals surface area contributed by atoms with Crippen molar-refractivity contribution in [2.75, 3.05) is 39.6 Å². The number of aliphatic hydroxyl groups excluding tert-OH is 1. The van der Waals surface area contributed by atoms with Gasteiger partial charge in [0, 0.05) is 25.7 Å². The zero-order chi connectivity index (χ0) is 68.9. The van der Waals surface area contributed by atoms with Crippen molar-refractivity contribution in [1.29, 1.82) is 0 Å². The van der Waals surface area contributed by atoms with Gasteiger partial charge in [-0.15, -0.1) is 0 Å². The molecule has 0 saturated heterocycles. The summed E-state index contributed by atoms with van der Waals surface area (Å²) in [6, 6.07) is 0. The normalized spacial score (nSPS) is 14.5. The van der Waals surface area contributed by atoms with E-state index in [0.717, 1.165) is 114 Å². The number of esters is 4. The lowest BCUT2D eigenvalue weighted by atomic mass is 9.99. The molecule has 3 N–H and O–H groups in total. The van der Waals surface area contributed by atoms with Gasteiger partial charge in [0.2, 0.25) is 0 Å². The summed E-state index contributed by atoms with van der Waals surface area (Å²) in [5.74, 6) is 0.940. The average molecular weight is 1370 g/mol. The molecule has 0 heterocycles. The highest BCUT2D eigenvalue weighted by Gasteiger charge is 2.30. The number of phosphoric acid groups is 2. The monoisotopic (exact) mass is 1370 g/mol. The Balaban J connectivity index is 5.27. The standard InChI is InChI=1S/C74H144O17P2/c1-9-67(8)53-45-37-29-20-15-17-23-33-41-49-57-74(79)90-69(60-84-71(76)54-46-38-30-21-13-11-10-12-18-26-34-42-50-64(2)3)62-88-92(80,81)86-58-68(75)59-87-93(82,83)89-63-70(61-85-72(77)55-47-39-31-25-24-28-36-44-52-66(6)7)91-73(78)56-48-40-32-22-16-14-19-27-35-43-51-65(4)5/h64-70,75H,9-63H2,1-8H3,(H,80,81)(H,82,83)/t67?,68?,69-,70-/m1/s1. The van der Waals surface area contributed by atoms with Crippen LogP contribution in [0.3, 0.4) is 0 Å². The van der Waals surface area contributed by atoms with Crippen LogP contribution in [0.4, 0.5) is 0 Å². The van der Waals surface area contributed by atoms with Crippen molar-refractivity contribution in [3.05, 3.63) is 0 Å². The molecular weight excluding hydrogens is 1220 g/mol. The van der Waals surface area contributed by atoms with E-state index in [1.165, 1.54) is 173 Å². The highest BCUT2D eigenvalue weighted by Crippen LogP contribution is 2.45. The van der Waals surface area contributed by atoms with E-state index < -0.39 is 97.5 Å². The van der Waals surface area contributed by atoms with Crippen LogP contribution < -0.4 is 0 Å². The Bertz CT molecular complexity index is 1840. The predicted molar refractivity (Wildman–Crippen MR) is 377 cm³/mol. The van der Waals surface area contributed by atoms with Crippen LogP contribution >= 0.6 is 15.6 Å². The zero-order valence-corrected chi connectivity index (χ0v) is 62.7. The third kappa shape index (κ3) is 67.0. The molecule has 4 unspecified atom stereocenters. The molecule has 93 heavy (non-hydrogen) atoms. The van der Waals surface area contributed by atoms with Crippen molar-refractivity contribution in [3.8, 4) is 0 Å². The van der Waals surface area contributed by atoms with Crippen molar-refractivity contribution in [3.63, 3.8) is 0 Å². The summed E-state index contributed by atoms with van der Waals surface area (Å²) in [6.07, 6.45) is 47.1. The zero-order valence-electron chi connectivity index (χ0n) is 60.9. The first-order valence-electron chi connectivity index (χ1n) is 38.2. The van der Waals surface area contributed by atoms with Crippen LogP contribution in [0.5, 0.6) is 0 Å². The molecule has 17 nitrogen and oxygen atoms in total. The fraction of sp³-hybridized carbons (Fsp3) is 0.946. The molecule has 0 aromatic carbocycles. The lowest BCUT2D eigenvalue weighted by molar-refractivity contribution is -0.161. The number of aliphatic hydroxyl groups is 1. The third-order valence-corrected chi connectivity index (χ3v) is 19.3. The van der Waals surface area contributed by atoms with E-state index >= 15 is 0 Å². The van der Waals surface area contributed by atoms with Crippen molar-refractivity contribution in [1.82, 2.24) is 0 Å². The quantitative estimate of drug-likeness (QED) is 0.0222. The van der Waals surface area contributed by atoms with Gasteiger partial charge in [-0.05, 0) is 49.4 Å². The second kappa shape index (κ2) is 63.5. The van der Waals surface area contributed by atoms with E-state index in [9.17, 15) is 43.2 Å². The van der Waals surface area contributed by atoms with Crippen LogP contribution in [0, 0.1) is 23.7 Å². The van der Waals surface area contributed by atoms with E-state index in [2.05, 4.69) is 55.4 Å². The lowest BCUT2D eigenvalue weighted by Gasteiger charge is -2.21. The van der Waals surface area contributed by atoms with Gasteiger partial charge in [-0.3, -0.25) is 37.3 Å². The van der Waals surface area contributed by atoms with Crippen molar-refractivity contribution >= 4 is 39.5 Å². The number of hydrogen-bond acceptors (Lipinski definition) is 15. The molecule has 0 aromatic heterocycles. The first-order valence-corrected chi connectivity index (χ1v) is 41.2. The van der Waals surface area contributed by atoms with Gasteiger partial charge < -0.3 is 33.8 Å². The molecule has 0 aromatic rings. The molecule has 0 amide bonds. The van der Waals surface area contributed by atoms with Gasteiger partial charge in [-0.25, -0.2) is 9.13 Å². The minimum atomic E-state index is -4.96. The molecule has 19 heteroatoms. The lowest BCUT2D eigenvalue weighted by Crippen LogP contribution is -2.30. The number of hydrogen-bond donors (Lipinski definition) is 3. The molecule has 6 atom stereocenters. The minimum Gasteiger partial charge on any atom is -0.462 e. The number of ether oxygens (including phenoxy) is 4. The molecule has 0 radical (unpaired) electrons. The molecule has 0 rings (SSSR count). The number of unbranched alkanes of at least 4 members (excludes halogenated alkanes) is 36. The highest BCUT2D eigenvalue weighted by molar-refractivity contribution is 7.47. The summed E-state index contributed by atoms with van der Waals surface area (Å²) in [7, 11) is -9.91. The van der Waals surface area contributed by atoms with Gasteiger partial charge in [0.1, 0.15) is 19.3 Å². The number of carbonyl (C=O) groups excluding carboxylic acids is 4. The van der Waals surface area contributed by atoms with Crippen LogP contribution in [0.1, 0.15) is 370 Å². The smallest absolute Gasteiger partial charge is 0.462 e. The van der Waals surface area contributed by atoms with Crippen LogP contribution in [0.25, 0.3) is 0 Å². The van der Waals surface area contributed by atoms with Crippen molar-refractivity contribution in [2.24, 2.45) is 23.7 Å². The van der Waals surface area contributed by atoms with Gasteiger partial charge in [0.25, 0.3) is 0 Å². The molecule has 0 fully saturated rings. The summed E-state index contributed by atoms with van der Waals surface area (Å²) in [5, 5.41) is 10.6. The summed E-state index contributed by atoms with van der Waals surface area (Å²) >= 11 is 0. The summed E-state index contributed by atoms with van der Waals surface area (Å²) in [6.45, 7) is 14.2. The molecule has 0 saturated carbocycles. The number of rotatable bonds is 71. The van der Waals surface area contributed by atoms with Gasteiger partial charge in [-0.2, -0.15) is 0 Å². The fourth-order valence-electron chi connectivity index (χ4n) is 11.2. The van der Waals surface area contributed by atoms with Gasteiger partial charge in [-0.1, -0.05) is 319 Å². The van der Waals surface area contributed by atoms with E-state index in [-0.39, 0.29) is 25.7 Å². The van der Waals surface area contributed by atoms with E-state index in [4.69, 9.17) is 37.0 Å². The number of phosphoric ester groups is 2. The topological polar surface area (TPSA) is 237 Å². The third-order valence-electron chi connectivity index (χ3n) is 17.4. The van der Waals surface area contributed by atoms with Gasteiger partial charge in [0.15, 0.2) is 12.2 Å². The Hall–Kier alpha value is -1.94. The minimum absolute atomic E-state index is 0.105. The molecule has 0 aliphatic rings. The Morgan fingerprint density at radius 1 is 0.301 bits per heavy atom. The molecule has 0 aliphatic heterocycles. The van der Waals surface area contributed by atoms with E-state index in [0.29, 0.717) is 25.7 Å². The summed E-state index contributed by atoms with van der Waals surface area (Å²) < 4.78 is 68.5. The Morgan fingerprint density at radius 2 is 0.516 bits per heavy atom. The number of carbonyl (C=O) groups is 4. The van der Waals surface area contributed by atoms with Crippen molar-refractivity contribution in [2.45, 2.75) is 388 Å². The first kappa shape index (κ1) is 91.1. The van der Waals surface area contributed by atoms with Gasteiger partial charge in [0.05, 0.1) is 26.4 Å². The highest BCUT2D eigenvalue weighted by atomic mass is 31.2. The maximum Gasteiger partial charge on any atom is 0.472 e. The second-order valence-electron chi connectivity index (χ2n) is 28.4. The fourth-order valence-corrected chi connectivity index (χ4v) is 12.7. The van der Waals surface area contributed by atoms with Gasteiger partial charge >= 0.3 is 39.5 Å². The van der Waals surface area contributed by atoms with Crippen LogP contribution in [0.15, 0.2) is 0 Å². The molecule has 0 spiro atoms. The van der Waals surface area contributed by atoms with Crippen LogP contribution in [-0.4, -0.2) is 96.7 Å². The molecule has 0 bridgehead atoms. The van der Waals surface area contributed by atoms with Crippen LogP contribution in [-0.2, 0) is 65.4 Å². The summed E-state index contributed by atoms with van der Waals surface area (Å²) in [5.41, 5.74) is 0. The molecule has 552 valence electrons. The molecule has 0 aliphatic carbocycles. The van der Waals surface area contributed by atoms with Crippen molar-refractivity contribution < 1.29 is 80.2 Å². The van der Waals surface area contributed by atoms with E-state index in [1.54, 1.807) is 0 Å². The van der Waals surface area contributed by atoms with Crippen LogP contribution in [0.2, 0.25) is 0 Å².